The lowest BCUT2D eigenvalue weighted by Gasteiger charge is -2.36. The molecule has 2 heteroatoms. The Labute approximate surface area is 82.7 Å². The molecule has 0 saturated heterocycles. The first kappa shape index (κ1) is 12.9. The molecule has 0 heterocycles. The molecule has 0 spiro atoms. The predicted molar refractivity (Wildman–Crippen MR) is 57.9 cm³/mol. The zero-order valence-corrected chi connectivity index (χ0v) is 9.34. The fraction of sp³-hybridized carbons (Fsp3) is 1.00. The van der Waals surface area contributed by atoms with Crippen LogP contribution in [0.1, 0.15) is 46.5 Å². The Bertz CT molecular complexity index is 102. The Morgan fingerprint density at radius 3 is 2.08 bits per heavy atom. The fourth-order valence-corrected chi connectivity index (χ4v) is 1.59. The molecule has 1 saturated carbocycles. The van der Waals surface area contributed by atoms with Gasteiger partial charge in [-0.15, -0.1) is 0 Å². The maximum absolute atomic E-state index is 7.88. The highest BCUT2D eigenvalue weighted by Gasteiger charge is 2.27. The molecule has 1 aliphatic rings. The van der Waals surface area contributed by atoms with E-state index in [9.17, 15) is 0 Å². The maximum Gasteiger partial charge on any atom is 0.0428 e. The highest BCUT2D eigenvalue weighted by molar-refractivity contribution is 4.84. The second kappa shape index (κ2) is 8.52. The van der Waals surface area contributed by atoms with Crippen LogP contribution in [0.25, 0.3) is 0 Å². The Morgan fingerprint density at radius 2 is 1.85 bits per heavy atom. The van der Waals surface area contributed by atoms with E-state index < -0.39 is 0 Å². The van der Waals surface area contributed by atoms with Crippen LogP contribution in [0.5, 0.6) is 0 Å². The zero-order valence-electron chi connectivity index (χ0n) is 9.34. The van der Waals surface area contributed by atoms with Gasteiger partial charge >= 0.3 is 0 Å². The summed E-state index contributed by atoms with van der Waals surface area (Å²) < 4.78 is 0. The second-order valence-electron chi connectivity index (χ2n) is 3.63. The molecule has 1 aliphatic carbocycles. The molecule has 0 aliphatic heterocycles. The summed E-state index contributed by atoms with van der Waals surface area (Å²) in [5.74, 6) is 0.991. The van der Waals surface area contributed by atoms with Crippen molar-refractivity contribution in [2.24, 2.45) is 5.92 Å². The van der Waals surface area contributed by atoms with E-state index in [0.717, 1.165) is 24.9 Å². The molecule has 0 aromatic carbocycles. The number of aliphatic hydroxyl groups excluding tert-OH is 1. The highest BCUT2D eigenvalue weighted by atomic mass is 16.2. The molecule has 2 unspecified atom stereocenters. The monoisotopic (exact) mass is 187 g/mol. The lowest BCUT2D eigenvalue weighted by molar-refractivity contribution is 0.207. The second-order valence-corrected chi connectivity index (χ2v) is 3.63. The average molecular weight is 187 g/mol. The highest BCUT2D eigenvalue weighted by Crippen LogP contribution is 2.29. The molecule has 0 radical (unpaired) electrons. The van der Waals surface area contributed by atoms with Gasteiger partial charge in [0.15, 0.2) is 0 Å². The van der Waals surface area contributed by atoms with Crippen LogP contribution in [0.4, 0.5) is 0 Å². The van der Waals surface area contributed by atoms with Gasteiger partial charge in [-0.3, -0.25) is 0 Å². The van der Waals surface area contributed by atoms with E-state index in [1.807, 2.05) is 6.92 Å². The minimum absolute atomic E-state index is 0.319. The van der Waals surface area contributed by atoms with E-state index in [0.29, 0.717) is 6.61 Å². The molecular weight excluding hydrogens is 162 g/mol. The van der Waals surface area contributed by atoms with Crippen molar-refractivity contribution in [3.05, 3.63) is 0 Å². The van der Waals surface area contributed by atoms with E-state index in [2.05, 4.69) is 19.2 Å². The van der Waals surface area contributed by atoms with Gasteiger partial charge in [-0.2, -0.15) is 0 Å². The summed E-state index contributed by atoms with van der Waals surface area (Å²) in [5, 5.41) is 11.4. The van der Waals surface area contributed by atoms with Gasteiger partial charge in [0.2, 0.25) is 0 Å². The van der Waals surface area contributed by atoms with E-state index in [1.165, 1.54) is 19.3 Å². The number of aliphatic hydroxyl groups is 1. The summed E-state index contributed by atoms with van der Waals surface area (Å²) in [5.41, 5.74) is 0. The average Bonchev–Trinajstić information content (AvgIpc) is 2.14. The third-order valence-corrected chi connectivity index (χ3v) is 2.63. The molecule has 2 N–H and O–H groups in total. The molecular formula is C11H25NO. The first-order valence-electron chi connectivity index (χ1n) is 5.64. The van der Waals surface area contributed by atoms with Crippen LogP contribution >= 0.6 is 0 Å². The third-order valence-electron chi connectivity index (χ3n) is 2.63. The van der Waals surface area contributed by atoms with Crippen molar-refractivity contribution in [3.8, 4) is 0 Å². The lowest BCUT2D eigenvalue weighted by Crippen LogP contribution is -2.43. The van der Waals surface area contributed by atoms with Crippen LogP contribution in [0.3, 0.4) is 0 Å². The quantitative estimate of drug-likeness (QED) is 0.707. The Kier molecular flexibility index (Phi) is 8.46. The summed E-state index contributed by atoms with van der Waals surface area (Å²) in [6, 6.07) is 0.861. The van der Waals surface area contributed by atoms with Gasteiger partial charge in [0.25, 0.3) is 0 Å². The van der Waals surface area contributed by atoms with Gasteiger partial charge in [0, 0.05) is 12.6 Å². The fourth-order valence-electron chi connectivity index (χ4n) is 1.59. The summed E-state index contributed by atoms with van der Waals surface area (Å²) in [6.07, 6.45) is 5.10. The number of hydrogen-bond donors (Lipinski definition) is 2. The molecule has 0 bridgehead atoms. The summed E-state index contributed by atoms with van der Waals surface area (Å²) in [4.78, 5) is 0. The van der Waals surface area contributed by atoms with Crippen molar-refractivity contribution in [2.75, 3.05) is 13.2 Å². The molecule has 2 atom stereocenters. The van der Waals surface area contributed by atoms with Crippen molar-refractivity contribution < 1.29 is 5.11 Å². The third kappa shape index (κ3) is 5.27. The van der Waals surface area contributed by atoms with Crippen LogP contribution in [0.2, 0.25) is 0 Å². The molecule has 80 valence electrons. The Balaban J connectivity index is 0.000000310. The minimum atomic E-state index is 0.319. The number of rotatable bonds is 4. The molecule has 0 aromatic heterocycles. The van der Waals surface area contributed by atoms with E-state index in [4.69, 9.17) is 5.11 Å². The van der Waals surface area contributed by atoms with Crippen LogP contribution < -0.4 is 5.32 Å². The standard InChI is InChI=1S/C8H17N.C3H8O/c1-3-7-5-6-8(7)9-4-2;1-2-3-4/h7-9H,3-6H2,1-2H3;4H,2-3H2,1H3. The van der Waals surface area contributed by atoms with Gasteiger partial charge in [-0.05, 0) is 31.7 Å². The van der Waals surface area contributed by atoms with Crippen LogP contribution in [-0.4, -0.2) is 24.3 Å². The molecule has 2 nitrogen and oxygen atoms in total. The molecule has 13 heavy (non-hydrogen) atoms. The molecule has 0 aromatic rings. The summed E-state index contributed by atoms with van der Waals surface area (Å²) in [7, 11) is 0. The van der Waals surface area contributed by atoms with Crippen molar-refractivity contribution >= 4 is 0 Å². The van der Waals surface area contributed by atoms with Crippen LogP contribution in [0, 0.1) is 5.92 Å². The largest absolute Gasteiger partial charge is 0.396 e. The maximum atomic E-state index is 7.88. The number of nitrogens with one attached hydrogen (secondary N) is 1. The van der Waals surface area contributed by atoms with Gasteiger partial charge in [-0.25, -0.2) is 0 Å². The lowest BCUT2D eigenvalue weighted by atomic mass is 9.78. The van der Waals surface area contributed by atoms with Crippen molar-refractivity contribution in [1.29, 1.82) is 0 Å². The normalized spacial score (nSPS) is 25.8. The summed E-state index contributed by atoms with van der Waals surface area (Å²) in [6.45, 7) is 7.86. The van der Waals surface area contributed by atoms with Crippen molar-refractivity contribution in [1.82, 2.24) is 5.32 Å². The summed E-state index contributed by atoms with van der Waals surface area (Å²) >= 11 is 0. The van der Waals surface area contributed by atoms with E-state index in [1.54, 1.807) is 0 Å². The minimum Gasteiger partial charge on any atom is -0.396 e. The first-order valence-corrected chi connectivity index (χ1v) is 5.64. The van der Waals surface area contributed by atoms with Gasteiger partial charge in [0.05, 0.1) is 0 Å². The SMILES string of the molecule is CCCO.CCNC1CCC1CC. The zero-order chi connectivity index (χ0) is 10.1. The van der Waals surface area contributed by atoms with Gasteiger partial charge in [0.1, 0.15) is 0 Å². The Hall–Kier alpha value is -0.0800. The smallest absolute Gasteiger partial charge is 0.0428 e. The van der Waals surface area contributed by atoms with Crippen LogP contribution in [0.15, 0.2) is 0 Å². The van der Waals surface area contributed by atoms with Gasteiger partial charge in [-0.1, -0.05) is 27.2 Å². The number of hydrogen-bond acceptors (Lipinski definition) is 2. The predicted octanol–water partition coefficient (Wildman–Crippen LogP) is 2.17. The van der Waals surface area contributed by atoms with E-state index in [-0.39, 0.29) is 0 Å². The molecule has 1 fully saturated rings. The Morgan fingerprint density at radius 1 is 1.23 bits per heavy atom. The molecule has 0 amide bonds. The van der Waals surface area contributed by atoms with Crippen LogP contribution in [-0.2, 0) is 0 Å². The van der Waals surface area contributed by atoms with Gasteiger partial charge < -0.3 is 10.4 Å². The van der Waals surface area contributed by atoms with E-state index >= 15 is 0 Å². The first-order chi connectivity index (χ1) is 6.29. The topological polar surface area (TPSA) is 32.3 Å². The van der Waals surface area contributed by atoms with Crippen molar-refractivity contribution in [3.63, 3.8) is 0 Å². The molecule has 1 rings (SSSR count). The van der Waals surface area contributed by atoms with Crippen molar-refractivity contribution in [2.45, 2.75) is 52.5 Å².